The number of amidine groups is 1. The largest absolute Gasteiger partial charge is 0.397 e. The molecule has 0 saturated carbocycles. The number of rotatable bonds is 18. The molecule has 24 heteroatoms. The van der Waals surface area contributed by atoms with Crippen molar-refractivity contribution in [2.75, 3.05) is 39.9 Å². The van der Waals surface area contributed by atoms with E-state index in [0.29, 0.717) is 11.3 Å². The van der Waals surface area contributed by atoms with Crippen molar-refractivity contribution >= 4 is 87.2 Å². The van der Waals surface area contributed by atoms with Crippen LogP contribution in [0.15, 0.2) is 130 Å². The number of nitrogens with one attached hydrogen (secondary N) is 3. The molecule has 0 radical (unpaired) electrons. The molecule has 0 saturated heterocycles. The number of sulfone groups is 2. The molecule has 1 amide bonds. The molecule has 0 fully saturated rings. The van der Waals surface area contributed by atoms with Crippen LogP contribution < -0.4 is 16.1 Å². The van der Waals surface area contributed by atoms with Gasteiger partial charge in [-0.1, -0.05) is 60.7 Å². The predicted octanol–water partition coefficient (Wildman–Crippen LogP) is 3.66. The van der Waals surface area contributed by atoms with Crippen LogP contribution in [0.1, 0.15) is 17.5 Å². The van der Waals surface area contributed by atoms with E-state index in [1.165, 1.54) is 48.5 Å². The molecule has 5 N–H and O–H groups in total. The number of hydrogen-bond acceptors (Lipinski definition) is 17. The van der Waals surface area contributed by atoms with Gasteiger partial charge < -0.3 is 10.6 Å². The lowest BCUT2D eigenvalue weighted by Crippen LogP contribution is -2.38. The SMILES string of the molecule is O=C1C(=Cc2ccccc2)N=C(c2ccccc2)N1Nc1nc(Nc2ccc(S(=O)(=O)CCCS(=O)(=O)O)cc2)nc(Nc2ccc(S(=O)(=O)CCOS(=O)(=O)O)cc2)n1. The van der Waals surface area contributed by atoms with Gasteiger partial charge in [0.25, 0.3) is 16.0 Å². The summed E-state index contributed by atoms with van der Waals surface area (Å²) in [4.78, 5) is 31.5. The first-order valence-electron chi connectivity index (χ1n) is 17.4. The van der Waals surface area contributed by atoms with Crippen LogP contribution in [-0.4, -0.2) is 98.3 Å². The standard InChI is InChI=1S/C36H34N8O12S4/c45-33-31(24-25-8-3-1-4-9-25)39-32(26-10-5-2-6-11-26)44(33)43-36-41-34(37-27-12-16-29(17-13-27)57(46,47)21-7-22-59(50,51)52)40-35(42-36)38-28-14-18-30(19-15-28)58(48,49)23-20-56-60(53,54)55/h1-6,8-19,24H,7,20-23H2,(H,50,51,52)(H,53,54,55)(H3,37,38,40,41,42,43). The highest BCUT2D eigenvalue weighted by molar-refractivity contribution is 7.91. The van der Waals surface area contributed by atoms with Crippen molar-refractivity contribution in [2.45, 2.75) is 16.2 Å². The maximum atomic E-state index is 13.9. The van der Waals surface area contributed by atoms with Crippen LogP contribution in [0.2, 0.25) is 0 Å². The summed E-state index contributed by atoms with van der Waals surface area (Å²) in [5.41, 5.74) is 4.89. The molecule has 0 spiro atoms. The van der Waals surface area contributed by atoms with Gasteiger partial charge in [-0.3, -0.25) is 19.3 Å². The smallest absolute Gasteiger partial charge is 0.324 e. The minimum atomic E-state index is -4.84. The van der Waals surface area contributed by atoms with E-state index in [4.69, 9.17) is 9.11 Å². The van der Waals surface area contributed by atoms with Crippen LogP contribution in [-0.2, 0) is 49.2 Å². The number of anilines is 5. The highest BCUT2D eigenvalue weighted by Crippen LogP contribution is 2.26. The van der Waals surface area contributed by atoms with Gasteiger partial charge in [-0.15, -0.1) is 0 Å². The number of benzene rings is 4. The lowest BCUT2D eigenvalue weighted by molar-refractivity contribution is -0.121. The summed E-state index contributed by atoms with van der Waals surface area (Å²) in [5, 5.41) is 7.03. The average molecular weight is 899 g/mol. The van der Waals surface area contributed by atoms with E-state index in [1.54, 1.807) is 36.4 Å². The highest BCUT2D eigenvalue weighted by Gasteiger charge is 2.32. The molecule has 1 aliphatic heterocycles. The molecule has 1 aromatic heterocycles. The van der Waals surface area contributed by atoms with E-state index in [0.717, 1.165) is 10.6 Å². The minimum Gasteiger partial charge on any atom is -0.324 e. The Morgan fingerprint density at radius 1 is 0.617 bits per heavy atom. The molecule has 1 aliphatic rings. The molecule has 0 atom stereocenters. The van der Waals surface area contributed by atoms with Gasteiger partial charge >= 0.3 is 10.4 Å². The Morgan fingerprint density at radius 3 is 1.63 bits per heavy atom. The molecule has 0 aliphatic carbocycles. The zero-order valence-corrected chi connectivity index (χ0v) is 34.1. The topological polar surface area (TPSA) is 294 Å². The predicted molar refractivity (Wildman–Crippen MR) is 220 cm³/mol. The summed E-state index contributed by atoms with van der Waals surface area (Å²) in [5.74, 6) is -2.72. The molecule has 314 valence electrons. The van der Waals surface area contributed by atoms with E-state index >= 15 is 0 Å². The molecule has 4 aromatic carbocycles. The molecule has 2 heterocycles. The first-order valence-corrected chi connectivity index (χ1v) is 23.7. The molecular formula is C36H34N8O12S4. The van der Waals surface area contributed by atoms with Gasteiger partial charge in [-0.05, 0) is 66.6 Å². The summed E-state index contributed by atoms with van der Waals surface area (Å²) in [6.45, 7) is -0.813. The van der Waals surface area contributed by atoms with Gasteiger partial charge in [-0.2, -0.15) is 36.8 Å². The Balaban J connectivity index is 1.30. The second kappa shape index (κ2) is 18.0. The van der Waals surface area contributed by atoms with Crippen molar-refractivity contribution in [3.05, 3.63) is 126 Å². The molecule has 6 rings (SSSR count). The lowest BCUT2D eigenvalue weighted by atomic mass is 10.2. The fourth-order valence-electron chi connectivity index (χ4n) is 5.41. The molecular weight excluding hydrogens is 865 g/mol. The number of hydrazine groups is 1. The quantitative estimate of drug-likeness (QED) is 0.0619. The maximum absolute atomic E-state index is 13.9. The van der Waals surface area contributed by atoms with Gasteiger partial charge in [-0.25, -0.2) is 26.0 Å². The van der Waals surface area contributed by atoms with Crippen molar-refractivity contribution in [1.29, 1.82) is 0 Å². The number of aliphatic imine (C=N–C) groups is 1. The molecule has 20 nitrogen and oxygen atoms in total. The highest BCUT2D eigenvalue weighted by atomic mass is 32.3. The summed E-state index contributed by atoms with van der Waals surface area (Å²) < 4.78 is 117. The second-order valence-electron chi connectivity index (χ2n) is 12.6. The summed E-state index contributed by atoms with van der Waals surface area (Å²) >= 11 is 0. The first kappa shape index (κ1) is 43.4. The molecule has 0 unspecified atom stereocenters. The number of carbonyl (C=O) groups is 1. The number of hydrogen-bond donors (Lipinski definition) is 5. The molecule has 0 bridgehead atoms. The van der Waals surface area contributed by atoms with Crippen molar-refractivity contribution in [3.8, 4) is 0 Å². The van der Waals surface area contributed by atoms with Crippen molar-refractivity contribution < 1.29 is 51.8 Å². The van der Waals surface area contributed by atoms with Crippen LogP contribution >= 0.6 is 0 Å². The van der Waals surface area contributed by atoms with Crippen LogP contribution in [0.5, 0.6) is 0 Å². The van der Waals surface area contributed by atoms with Crippen LogP contribution in [0.25, 0.3) is 6.08 Å². The van der Waals surface area contributed by atoms with E-state index < -0.39 is 70.0 Å². The lowest BCUT2D eigenvalue weighted by Gasteiger charge is -2.20. The fraction of sp³-hybridized carbons (Fsp3) is 0.139. The van der Waals surface area contributed by atoms with Crippen molar-refractivity contribution in [2.24, 2.45) is 4.99 Å². The second-order valence-corrected chi connectivity index (χ2v) is 19.5. The van der Waals surface area contributed by atoms with E-state index in [9.17, 15) is 38.5 Å². The Labute approximate surface area is 344 Å². The zero-order valence-electron chi connectivity index (χ0n) is 30.9. The summed E-state index contributed by atoms with van der Waals surface area (Å²) in [6.07, 6.45) is 1.30. The number of aromatic nitrogens is 3. The third-order valence-corrected chi connectivity index (χ3v) is 13.0. The van der Waals surface area contributed by atoms with E-state index in [-0.39, 0.29) is 51.3 Å². The van der Waals surface area contributed by atoms with Gasteiger partial charge in [0.2, 0.25) is 17.8 Å². The normalized spacial score (nSPS) is 14.2. The molecule has 60 heavy (non-hydrogen) atoms. The van der Waals surface area contributed by atoms with Gasteiger partial charge in [0, 0.05) is 16.9 Å². The Kier molecular flexibility index (Phi) is 13.0. The average Bonchev–Trinajstić information content (AvgIpc) is 3.48. The first-order chi connectivity index (χ1) is 28.3. The minimum absolute atomic E-state index is 0.103. The third kappa shape index (κ3) is 12.0. The van der Waals surface area contributed by atoms with Crippen LogP contribution in [0.3, 0.4) is 0 Å². The third-order valence-electron chi connectivity index (χ3n) is 8.18. The van der Waals surface area contributed by atoms with E-state index in [1.807, 2.05) is 30.3 Å². The van der Waals surface area contributed by atoms with Crippen LogP contribution in [0.4, 0.5) is 29.2 Å². The Morgan fingerprint density at radius 2 is 1.12 bits per heavy atom. The monoisotopic (exact) mass is 898 g/mol. The Bertz CT molecular complexity index is 2750. The Hall–Kier alpha value is -6.15. The number of amides is 1. The van der Waals surface area contributed by atoms with Crippen LogP contribution in [0, 0.1) is 0 Å². The van der Waals surface area contributed by atoms with E-state index in [2.05, 4.69) is 40.2 Å². The zero-order chi connectivity index (χ0) is 43.1. The number of carbonyl (C=O) groups excluding carboxylic acids is 1. The maximum Gasteiger partial charge on any atom is 0.397 e. The summed E-state index contributed by atoms with van der Waals surface area (Å²) in [7, 11) is -17.1. The number of nitrogens with zero attached hydrogens (tertiary/aromatic N) is 5. The van der Waals surface area contributed by atoms with Gasteiger partial charge in [0.1, 0.15) is 5.70 Å². The van der Waals surface area contributed by atoms with Crippen molar-refractivity contribution in [1.82, 2.24) is 20.0 Å². The molecule has 5 aromatic rings. The summed E-state index contributed by atoms with van der Waals surface area (Å²) in [6, 6.07) is 28.5. The fourth-order valence-corrected chi connectivity index (χ4v) is 8.90. The van der Waals surface area contributed by atoms with Gasteiger partial charge in [0.05, 0.1) is 33.7 Å². The van der Waals surface area contributed by atoms with Crippen molar-refractivity contribution in [3.63, 3.8) is 0 Å². The van der Waals surface area contributed by atoms with Gasteiger partial charge in [0.15, 0.2) is 25.5 Å².